The minimum absolute atomic E-state index is 0.0711. The summed E-state index contributed by atoms with van der Waals surface area (Å²) >= 11 is 0. The van der Waals surface area contributed by atoms with Crippen LogP contribution >= 0.6 is 0 Å². The van der Waals surface area contributed by atoms with Gasteiger partial charge in [0.25, 0.3) is 0 Å². The van der Waals surface area contributed by atoms with Gasteiger partial charge in [0.05, 0.1) is 12.0 Å². The van der Waals surface area contributed by atoms with E-state index < -0.39 is 0 Å². The van der Waals surface area contributed by atoms with Crippen molar-refractivity contribution < 1.29 is 9.53 Å². The van der Waals surface area contributed by atoms with Crippen molar-refractivity contribution in [2.75, 3.05) is 6.54 Å². The van der Waals surface area contributed by atoms with E-state index in [4.69, 9.17) is 4.74 Å². The van der Waals surface area contributed by atoms with Gasteiger partial charge in [-0.1, -0.05) is 24.3 Å². The number of benzene rings is 1. The SMILES string of the molecule is C=C1CC1C(=O)NCCc1ccc(OC(C)C)cc1. The first kappa shape index (κ1) is 13.7. The van der Waals surface area contributed by atoms with Gasteiger partial charge in [-0.25, -0.2) is 0 Å². The molecule has 1 aromatic carbocycles. The molecule has 0 spiro atoms. The molecule has 0 aliphatic heterocycles. The van der Waals surface area contributed by atoms with Gasteiger partial charge >= 0.3 is 0 Å². The van der Waals surface area contributed by atoms with E-state index in [1.165, 1.54) is 5.56 Å². The van der Waals surface area contributed by atoms with Crippen molar-refractivity contribution in [3.8, 4) is 5.75 Å². The summed E-state index contributed by atoms with van der Waals surface area (Å²) in [5.74, 6) is 1.07. The number of hydrogen-bond acceptors (Lipinski definition) is 2. The lowest BCUT2D eigenvalue weighted by molar-refractivity contribution is -0.121. The van der Waals surface area contributed by atoms with Gasteiger partial charge in [-0.05, 0) is 44.4 Å². The maximum atomic E-state index is 11.6. The third kappa shape index (κ3) is 4.12. The molecule has 0 saturated heterocycles. The number of nitrogens with one attached hydrogen (secondary N) is 1. The van der Waals surface area contributed by atoms with Crippen molar-refractivity contribution >= 4 is 5.91 Å². The van der Waals surface area contributed by atoms with Gasteiger partial charge in [0.2, 0.25) is 5.91 Å². The lowest BCUT2D eigenvalue weighted by Gasteiger charge is -2.10. The van der Waals surface area contributed by atoms with E-state index >= 15 is 0 Å². The largest absolute Gasteiger partial charge is 0.491 e. The van der Waals surface area contributed by atoms with Crippen LogP contribution in [0, 0.1) is 5.92 Å². The summed E-state index contributed by atoms with van der Waals surface area (Å²) in [5, 5.41) is 2.94. The second-order valence-corrected chi connectivity index (χ2v) is 5.27. The van der Waals surface area contributed by atoms with Gasteiger partial charge in [-0.3, -0.25) is 4.79 Å². The smallest absolute Gasteiger partial charge is 0.227 e. The number of hydrogen-bond donors (Lipinski definition) is 1. The Morgan fingerprint density at radius 3 is 2.58 bits per heavy atom. The zero-order chi connectivity index (χ0) is 13.8. The molecule has 1 saturated carbocycles. The lowest BCUT2D eigenvalue weighted by atomic mass is 10.1. The first-order valence-corrected chi connectivity index (χ1v) is 6.77. The summed E-state index contributed by atoms with van der Waals surface area (Å²) in [6, 6.07) is 8.03. The molecule has 1 N–H and O–H groups in total. The van der Waals surface area contributed by atoms with Gasteiger partial charge in [-0.15, -0.1) is 0 Å². The summed E-state index contributed by atoms with van der Waals surface area (Å²) in [6.07, 6.45) is 1.89. The standard InChI is InChI=1S/C16H21NO2/c1-11(2)19-14-6-4-13(5-7-14)8-9-17-16(18)15-10-12(15)3/h4-7,11,15H,3,8-10H2,1-2H3,(H,17,18). The normalized spacial score (nSPS) is 17.4. The zero-order valence-electron chi connectivity index (χ0n) is 11.6. The third-order valence-corrected chi connectivity index (χ3v) is 3.12. The second kappa shape index (κ2) is 5.91. The Balaban J connectivity index is 1.73. The molecule has 0 bridgehead atoms. The fourth-order valence-electron chi connectivity index (χ4n) is 1.94. The Kier molecular flexibility index (Phi) is 4.25. The molecule has 0 aromatic heterocycles. The highest BCUT2D eigenvalue weighted by molar-refractivity contribution is 5.85. The number of rotatable bonds is 6. The Labute approximate surface area is 114 Å². The number of ether oxygens (including phenoxy) is 1. The molecule has 1 atom stereocenters. The van der Waals surface area contributed by atoms with Crippen LogP contribution < -0.4 is 10.1 Å². The van der Waals surface area contributed by atoms with E-state index in [9.17, 15) is 4.79 Å². The topological polar surface area (TPSA) is 38.3 Å². The Morgan fingerprint density at radius 1 is 1.42 bits per heavy atom. The summed E-state index contributed by atoms with van der Waals surface area (Å²) in [5.41, 5.74) is 2.25. The van der Waals surface area contributed by atoms with Crippen LogP contribution in [-0.4, -0.2) is 18.6 Å². The summed E-state index contributed by atoms with van der Waals surface area (Å²) in [4.78, 5) is 11.6. The predicted octanol–water partition coefficient (Wildman–Crippen LogP) is 2.71. The fraction of sp³-hybridized carbons (Fsp3) is 0.438. The molecule has 0 radical (unpaired) electrons. The zero-order valence-corrected chi connectivity index (χ0v) is 11.6. The van der Waals surface area contributed by atoms with Crippen molar-refractivity contribution in [1.82, 2.24) is 5.32 Å². The Bertz CT molecular complexity index is 462. The van der Waals surface area contributed by atoms with Crippen LogP contribution in [0.5, 0.6) is 5.75 Å². The van der Waals surface area contributed by atoms with E-state index in [1.807, 2.05) is 38.1 Å². The Morgan fingerprint density at radius 2 is 2.05 bits per heavy atom. The monoisotopic (exact) mass is 259 g/mol. The number of carbonyl (C=O) groups excluding carboxylic acids is 1. The van der Waals surface area contributed by atoms with Crippen LogP contribution in [0.4, 0.5) is 0 Å². The highest BCUT2D eigenvalue weighted by atomic mass is 16.5. The van der Waals surface area contributed by atoms with E-state index in [0.717, 1.165) is 24.2 Å². The molecule has 0 heterocycles. The first-order chi connectivity index (χ1) is 9.06. The van der Waals surface area contributed by atoms with Gasteiger partial charge < -0.3 is 10.1 Å². The first-order valence-electron chi connectivity index (χ1n) is 6.77. The van der Waals surface area contributed by atoms with E-state index in [0.29, 0.717) is 6.54 Å². The van der Waals surface area contributed by atoms with E-state index in [2.05, 4.69) is 11.9 Å². The summed E-state index contributed by atoms with van der Waals surface area (Å²) in [7, 11) is 0. The molecule has 2 rings (SSSR count). The molecule has 3 nitrogen and oxygen atoms in total. The molecule has 1 amide bonds. The van der Waals surface area contributed by atoms with Gasteiger partial charge in [0, 0.05) is 6.54 Å². The van der Waals surface area contributed by atoms with E-state index in [1.54, 1.807) is 0 Å². The molecule has 19 heavy (non-hydrogen) atoms. The molecular formula is C16H21NO2. The third-order valence-electron chi connectivity index (χ3n) is 3.12. The van der Waals surface area contributed by atoms with Crippen molar-refractivity contribution in [2.45, 2.75) is 32.8 Å². The quantitative estimate of drug-likeness (QED) is 0.798. The molecule has 3 heteroatoms. The molecule has 1 unspecified atom stereocenters. The van der Waals surface area contributed by atoms with Crippen LogP contribution in [0.3, 0.4) is 0 Å². The molecule has 1 aliphatic carbocycles. The van der Waals surface area contributed by atoms with Crippen molar-refractivity contribution in [2.24, 2.45) is 5.92 Å². The number of amides is 1. The van der Waals surface area contributed by atoms with Crippen molar-refractivity contribution in [3.63, 3.8) is 0 Å². The molecule has 1 aromatic rings. The summed E-state index contributed by atoms with van der Waals surface area (Å²) in [6.45, 7) is 8.49. The minimum Gasteiger partial charge on any atom is -0.491 e. The average molecular weight is 259 g/mol. The predicted molar refractivity (Wildman–Crippen MR) is 76.2 cm³/mol. The molecular weight excluding hydrogens is 238 g/mol. The summed E-state index contributed by atoms with van der Waals surface area (Å²) < 4.78 is 5.58. The molecule has 102 valence electrons. The van der Waals surface area contributed by atoms with Crippen LogP contribution in [0.1, 0.15) is 25.8 Å². The highest BCUT2D eigenvalue weighted by Gasteiger charge is 2.34. The van der Waals surface area contributed by atoms with Gasteiger partial charge in [0.15, 0.2) is 0 Å². The van der Waals surface area contributed by atoms with Crippen molar-refractivity contribution in [1.29, 1.82) is 0 Å². The average Bonchev–Trinajstić information content (AvgIpc) is 3.08. The van der Waals surface area contributed by atoms with Crippen molar-refractivity contribution in [3.05, 3.63) is 42.0 Å². The van der Waals surface area contributed by atoms with Crippen LogP contribution in [0.15, 0.2) is 36.4 Å². The van der Waals surface area contributed by atoms with E-state index in [-0.39, 0.29) is 17.9 Å². The van der Waals surface area contributed by atoms with Crippen LogP contribution in [0.25, 0.3) is 0 Å². The minimum atomic E-state index is 0.0711. The van der Waals surface area contributed by atoms with Crippen LogP contribution in [0.2, 0.25) is 0 Å². The highest BCUT2D eigenvalue weighted by Crippen LogP contribution is 2.35. The second-order valence-electron chi connectivity index (χ2n) is 5.27. The Hall–Kier alpha value is -1.77. The number of carbonyl (C=O) groups is 1. The fourth-order valence-corrected chi connectivity index (χ4v) is 1.94. The van der Waals surface area contributed by atoms with Gasteiger partial charge in [-0.2, -0.15) is 0 Å². The maximum absolute atomic E-state index is 11.6. The maximum Gasteiger partial charge on any atom is 0.227 e. The van der Waals surface area contributed by atoms with Crippen LogP contribution in [-0.2, 0) is 11.2 Å². The molecule has 1 fully saturated rings. The van der Waals surface area contributed by atoms with Gasteiger partial charge in [0.1, 0.15) is 5.75 Å². The lowest BCUT2D eigenvalue weighted by Crippen LogP contribution is -2.27. The molecule has 1 aliphatic rings.